The predicted octanol–water partition coefficient (Wildman–Crippen LogP) is 3.56. The van der Waals surface area contributed by atoms with Crippen LogP contribution in [0.15, 0.2) is 9.85 Å². The smallest absolute Gasteiger partial charge is 0.0579 e. The van der Waals surface area contributed by atoms with Gasteiger partial charge in [-0.25, -0.2) is 0 Å². The van der Waals surface area contributed by atoms with Crippen molar-refractivity contribution in [3.05, 3.63) is 20.3 Å². The Kier molecular flexibility index (Phi) is 2.56. The van der Waals surface area contributed by atoms with Crippen molar-refractivity contribution in [1.29, 1.82) is 0 Å². The van der Waals surface area contributed by atoms with Crippen LogP contribution in [0.3, 0.4) is 0 Å². The van der Waals surface area contributed by atoms with Crippen molar-refractivity contribution in [1.82, 2.24) is 0 Å². The van der Waals surface area contributed by atoms with Crippen molar-refractivity contribution in [2.75, 3.05) is 0 Å². The molecule has 0 N–H and O–H groups in total. The minimum Gasteiger partial charge on any atom is -0.146 e. The van der Waals surface area contributed by atoms with Crippen LogP contribution in [0.2, 0.25) is 0 Å². The molecule has 0 radical (unpaired) electrons. The summed E-state index contributed by atoms with van der Waals surface area (Å²) in [6, 6.07) is 0. The van der Waals surface area contributed by atoms with Gasteiger partial charge in [-0.3, -0.25) is 0 Å². The summed E-state index contributed by atoms with van der Waals surface area (Å²) in [6.07, 6.45) is 0. The summed E-state index contributed by atoms with van der Waals surface area (Å²) in [4.78, 5) is 1.22. The van der Waals surface area contributed by atoms with Crippen molar-refractivity contribution < 1.29 is 0 Å². The fourth-order valence-corrected chi connectivity index (χ4v) is 2.51. The molecule has 1 heterocycles. The SMILES string of the molecule is Cc1csc(CCl)c1Br. The fourth-order valence-electron chi connectivity index (χ4n) is 0.573. The minimum absolute atomic E-state index is 0.610. The Bertz CT molecular complexity index is 207. The van der Waals surface area contributed by atoms with Gasteiger partial charge in [0.25, 0.3) is 0 Å². The molecule has 0 bridgehead atoms. The first-order valence-corrected chi connectivity index (χ1v) is 4.75. The molecule has 0 saturated carbocycles. The molecule has 0 amide bonds. The van der Waals surface area contributed by atoms with Gasteiger partial charge >= 0.3 is 0 Å². The number of aryl methyl sites for hydroxylation is 1. The van der Waals surface area contributed by atoms with E-state index in [1.807, 2.05) is 0 Å². The Morgan fingerprint density at radius 2 is 2.44 bits per heavy atom. The zero-order valence-electron chi connectivity index (χ0n) is 4.95. The van der Waals surface area contributed by atoms with Gasteiger partial charge in [-0.1, -0.05) is 0 Å². The highest BCUT2D eigenvalue weighted by Gasteiger charge is 2.02. The molecule has 1 rings (SSSR count). The topological polar surface area (TPSA) is 0 Å². The molecule has 0 aliphatic heterocycles. The van der Waals surface area contributed by atoms with Crippen LogP contribution in [-0.4, -0.2) is 0 Å². The molecule has 50 valence electrons. The van der Waals surface area contributed by atoms with Gasteiger partial charge in [0.15, 0.2) is 0 Å². The van der Waals surface area contributed by atoms with E-state index < -0.39 is 0 Å². The number of hydrogen-bond acceptors (Lipinski definition) is 1. The van der Waals surface area contributed by atoms with E-state index in [2.05, 4.69) is 28.2 Å². The van der Waals surface area contributed by atoms with E-state index in [9.17, 15) is 0 Å². The van der Waals surface area contributed by atoms with E-state index in [4.69, 9.17) is 11.6 Å². The summed E-state index contributed by atoms with van der Waals surface area (Å²) in [7, 11) is 0. The highest BCUT2D eigenvalue weighted by Crippen LogP contribution is 2.28. The third kappa shape index (κ3) is 1.48. The van der Waals surface area contributed by atoms with Crippen molar-refractivity contribution in [3.63, 3.8) is 0 Å². The first-order valence-electron chi connectivity index (χ1n) is 2.54. The molecule has 9 heavy (non-hydrogen) atoms. The number of thiophene rings is 1. The van der Waals surface area contributed by atoms with Crippen LogP contribution in [0, 0.1) is 6.92 Å². The molecule has 0 saturated heterocycles. The summed E-state index contributed by atoms with van der Waals surface area (Å²) in [6.45, 7) is 2.07. The molecule has 0 fully saturated rings. The normalized spacial score (nSPS) is 10.1. The van der Waals surface area contributed by atoms with Crippen LogP contribution in [0.4, 0.5) is 0 Å². The van der Waals surface area contributed by atoms with E-state index in [1.54, 1.807) is 11.3 Å². The molecule has 0 aliphatic carbocycles. The molecule has 0 aliphatic rings. The lowest BCUT2D eigenvalue weighted by atomic mass is 10.3. The predicted molar refractivity (Wildman–Crippen MR) is 46.3 cm³/mol. The molecule has 0 nitrogen and oxygen atoms in total. The third-order valence-corrected chi connectivity index (χ3v) is 3.99. The average Bonchev–Trinajstić information content (AvgIpc) is 2.15. The highest BCUT2D eigenvalue weighted by molar-refractivity contribution is 9.10. The van der Waals surface area contributed by atoms with Crippen LogP contribution in [-0.2, 0) is 5.88 Å². The average molecular weight is 226 g/mol. The quantitative estimate of drug-likeness (QED) is 0.641. The molecule has 0 atom stereocenters. The second kappa shape index (κ2) is 3.04. The van der Waals surface area contributed by atoms with Gasteiger partial charge < -0.3 is 0 Å². The van der Waals surface area contributed by atoms with Crippen LogP contribution in [0.25, 0.3) is 0 Å². The second-order valence-electron chi connectivity index (χ2n) is 1.79. The lowest BCUT2D eigenvalue weighted by Gasteiger charge is -1.88. The Morgan fingerprint density at radius 3 is 2.67 bits per heavy atom. The number of halogens is 2. The maximum absolute atomic E-state index is 5.63. The molecule has 0 aromatic carbocycles. The maximum Gasteiger partial charge on any atom is 0.0579 e. The van der Waals surface area contributed by atoms with Crippen molar-refractivity contribution in [2.45, 2.75) is 12.8 Å². The third-order valence-electron chi connectivity index (χ3n) is 1.09. The van der Waals surface area contributed by atoms with Crippen LogP contribution in [0.1, 0.15) is 10.4 Å². The van der Waals surface area contributed by atoms with Gasteiger partial charge in [-0.15, -0.1) is 22.9 Å². The molecule has 0 unspecified atom stereocenters. The van der Waals surface area contributed by atoms with Crippen molar-refractivity contribution in [3.8, 4) is 0 Å². The van der Waals surface area contributed by atoms with E-state index in [1.165, 1.54) is 14.9 Å². The van der Waals surface area contributed by atoms with Crippen LogP contribution >= 0.6 is 38.9 Å². The lowest BCUT2D eigenvalue weighted by Crippen LogP contribution is -1.69. The number of hydrogen-bond donors (Lipinski definition) is 0. The van der Waals surface area contributed by atoms with E-state index in [0.29, 0.717) is 5.88 Å². The van der Waals surface area contributed by atoms with Gasteiger partial charge in [0.2, 0.25) is 0 Å². The zero-order valence-corrected chi connectivity index (χ0v) is 8.11. The van der Waals surface area contributed by atoms with Gasteiger partial charge in [0.05, 0.1) is 5.88 Å². The Hall–Kier alpha value is 0.470. The van der Waals surface area contributed by atoms with Crippen LogP contribution in [0.5, 0.6) is 0 Å². The molecular weight excluding hydrogens is 219 g/mol. The maximum atomic E-state index is 5.63. The largest absolute Gasteiger partial charge is 0.146 e. The molecule has 0 spiro atoms. The number of alkyl halides is 1. The summed E-state index contributed by atoms with van der Waals surface area (Å²) >= 11 is 10.8. The molecule has 1 aromatic rings. The Balaban J connectivity index is 3.04. The summed E-state index contributed by atoms with van der Waals surface area (Å²) in [5.74, 6) is 0.610. The lowest BCUT2D eigenvalue weighted by molar-refractivity contribution is 1.42. The molecule has 3 heteroatoms. The molecular formula is C6H6BrClS. The van der Waals surface area contributed by atoms with E-state index in [0.717, 1.165) is 0 Å². The standard InChI is InChI=1S/C6H6BrClS/c1-4-3-9-5(2-8)6(4)7/h3H,2H2,1H3. The molecule has 1 aromatic heterocycles. The summed E-state index contributed by atoms with van der Waals surface area (Å²) < 4.78 is 1.17. The monoisotopic (exact) mass is 224 g/mol. The fraction of sp³-hybridized carbons (Fsp3) is 0.333. The zero-order chi connectivity index (χ0) is 6.85. The van der Waals surface area contributed by atoms with Crippen molar-refractivity contribution >= 4 is 38.9 Å². The van der Waals surface area contributed by atoms with E-state index in [-0.39, 0.29) is 0 Å². The van der Waals surface area contributed by atoms with Gasteiger partial charge in [0, 0.05) is 9.35 Å². The van der Waals surface area contributed by atoms with Gasteiger partial charge in [0.1, 0.15) is 0 Å². The Labute approximate surface area is 72.0 Å². The second-order valence-corrected chi connectivity index (χ2v) is 3.81. The van der Waals surface area contributed by atoms with Crippen LogP contribution < -0.4 is 0 Å². The first kappa shape index (κ1) is 7.58. The van der Waals surface area contributed by atoms with Crippen molar-refractivity contribution in [2.24, 2.45) is 0 Å². The number of rotatable bonds is 1. The van der Waals surface area contributed by atoms with Gasteiger partial charge in [-0.2, -0.15) is 0 Å². The Morgan fingerprint density at radius 1 is 1.78 bits per heavy atom. The van der Waals surface area contributed by atoms with Gasteiger partial charge in [-0.05, 0) is 33.8 Å². The minimum atomic E-state index is 0.610. The first-order chi connectivity index (χ1) is 4.25. The summed E-state index contributed by atoms with van der Waals surface area (Å²) in [5.41, 5.74) is 1.27. The summed E-state index contributed by atoms with van der Waals surface area (Å²) in [5, 5.41) is 2.10. The highest BCUT2D eigenvalue weighted by atomic mass is 79.9. The van der Waals surface area contributed by atoms with E-state index >= 15 is 0 Å².